The third-order valence-electron chi connectivity index (χ3n) is 2.94. The van der Waals surface area contributed by atoms with Crippen molar-refractivity contribution in [3.05, 3.63) is 37.5 Å². The van der Waals surface area contributed by atoms with Crippen molar-refractivity contribution in [3.8, 4) is 28.4 Å². The zero-order valence-electron chi connectivity index (χ0n) is 11.4. The summed E-state index contributed by atoms with van der Waals surface area (Å²) in [5.74, 6) is 2.30. The molecule has 0 aliphatic carbocycles. The fraction of sp³-hybridized carbons (Fsp3) is 0.200. The van der Waals surface area contributed by atoms with Gasteiger partial charge in [-0.2, -0.15) is 0 Å². The van der Waals surface area contributed by atoms with Gasteiger partial charge in [-0.15, -0.1) is 0 Å². The molecule has 5 heteroatoms. The minimum absolute atomic E-state index is 0.724. The van der Waals surface area contributed by atoms with Crippen LogP contribution >= 0.6 is 45.2 Å². The van der Waals surface area contributed by atoms with E-state index in [0.717, 1.165) is 35.5 Å². The molecule has 0 atom stereocenters. The molecule has 2 aromatic carbocycles. The van der Waals surface area contributed by atoms with Gasteiger partial charge >= 0.3 is 0 Å². The lowest BCUT2D eigenvalue weighted by Gasteiger charge is -2.14. The molecule has 0 bridgehead atoms. The largest absolute Gasteiger partial charge is 0.497 e. The van der Waals surface area contributed by atoms with Crippen molar-refractivity contribution >= 4 is 45.2 Å². The molecule has 0 aromatic heterocycles. The van der Waals surface area contributed by atoms with Gasteiger partial charge in [-0.3, -0.25) is 0 Å². The van der Waals surface area contributed by atoms with Crippen LogP contribution in [0.5, 0.6) is 17.2 Å². The third-order valence-corrected chi connectivity index (χ3v) is 4.77. The highest BCUT2D eigenvalue weighted by atomic mass is 127. The second kappa shape index (κ2) is 6.84. The van der Waals surface area contributed by atoms with Crippen LogP contribution in [0.4, 0.5) is 0 Å². The molecule has 2 rings (SSSR count). The molecule has 2 aromatic rings. The van der Waals surface area contributed by atoms with Crippen molar-refractivity contribution < 1.29 is 14.2 Å². The molecule has 0 heterocycles. The maximum Gasteiger partial charge on any atom is 0.161 e. The number of halogens is 2. The van der Waals surface area contributed by atoms with E-state index in [1.54, 1.807) is 21.3 Å². The van der Waals surface area contributed by atoms with Crippen molar-refractivity contribution in [3.63, 3.8) is 0 Å². The van der Waals surface area contributed by atoms with Gasteiger partial charge < -0.3 is 14.2 Å². The van der Waals surface area contributed by atoms with Crippen LogP contribution in [0.2, 0.25) is 0 Å². The minimum atomic E-state index is 0.724. The molecule has 0 aliphatic heterocycles. The van der Waals surface area contributed by atoms with Gasteiger partial charge in [0.2, 0.25) is 0 Å². The average molecular weight is 496 g/mol. The first kappa shape index (κ1) is 15.7. The van der Waals surface area contributed by atoms with Crippen LogP contribution in [0, 0.1) is 7.14 Å². The van der Waals surface area contributed by atoms with Gasteiger partial charge in [-0.05, 0) is 81.1 Å². The lowest BCUT2D eigenvalue weighted by atomic mass is 10.0. The number of benzene rings is 2. The van der Waals surface area contributed by atoms with E-state index >= 15 is 0 Å². The predicted octanol–water partition coefficient (Wildman–Crippen LogP) is 4.59. The standard InChI is InChI=1S/C15H14I2O3/c1-18-9-4-5-12(16)10(6-9)11-7-14(19-2)15(20-3)8-13(11)17/h4-8H,1-3H3. The summed E-state index contributed by atoms with van der Waals surface area (Å²) in [5, 5.41) is 0. The van der Waals surface area contributed by atoms with Crippen molar-refractivity contribution in [1.82, 2.24) is 0 Å². The third kappa shape index (κ3) is 3.13. The van der Waals surface area contributed by atoms with Crippen LogP contribution in [0.3, 0.4) is 0 Å². The first-order valence-corrected chi connectivity index (χ1v) is 8.02. The average Bonchev–Trinajstić information content (AvgIpc) is 2.47. The number of methoxy groups -OCH3 is 3. The zero-order chi connectivity index (χ0) is 14.7. The maximum atomic E-state index is 5.39. The molecule has 0 aliphatic rings. The summed E-state index contributed by atoms with van der Waals surface area (Å²) in [5.41, 5.74) is 2.22. The Morgan fingerprint density at radius 1 is 0.700 bits per heavy atom. The second-order valence-electron chi connectivity index (χ2n) is 4.03. The van der Waals surface area contributed by atoms with Crippen LogP contribution in [-0.4, -0.2) is 21.3 Å². The summed E-state index contributed by atoms with van der Waals surface area (Å²) in [6.07, 6.45) is 0. The van der Waals surface area contributed by atoms with Crippen LogP contribution in [0.1, 0.15) is 0 Å². The molecule has 0 saturated carbocycles. The SMILES string of the molecule is COc1ccc(I)c(-c2cc(OC)c(OC)cc2I)c1. The molecule has 0 fully saturated rings. The first-order valence-electron chi connectivity index (χ1n) is 5.86. The van der Waals surface area contributed by atoms with Crippen molar-refractivity contribution in [1.29, 1.82) is 0 Å². The number of hydrogen-bond donors (Lipinski definition) is 0. The van der Waals surface area contributed by atoms with Crippen molar-refractivity contribution in [2.45, 2.75) is 0 Å². The Morgan fingerprint density at radius 3 is 1.90 bits per heavy atom. The van der Waals surface area contributed by atoms with E-state index in [1.807, 2.05) is 30.3 Å². The zero-order valence-corrected chi connectivity index (χ0v) is 15.7. The summed E-state index contributed by atoms with van der Waals surface area (Å²) in [7, 11) is 4.96. The van der Waals surface area contributed by atoms with E-state index in [4.69, 9.17) is 14.2 Å². The van der Waals surface area contributed by atoms with E-state index < -0.39 is 0 Å². The molecule has 106 valence electrons. The smallest absolute Gasteiger partial charge is 0.161 e. The van der Waals surface area contributed by atoms with E-state index in [9.17, 15) is 0 Å². The van der Waals surface area contributed by atoms with Crippen LogP contribution in [0.25, 0.3) is 11.1 Å². The Morgan fingerprint density at radius 2 is 1.30 bits per heavy atom. The Bertz CT molecular complexity index is 627. The molecule has 0 unspecified atom stereocenters. The Labute approximate surface area is 145 Å². The van der Waals surface area contributed by atoms with E-state index in [0.29, 0.717) is 0 Å². The molecule has 0 N–H and O–H groups in total. The van der Waals surface area contributed by atoms with Gasteiger partial charge in [0.1, 0.15) is 5.75 Å². The monoisotopic (exact) mass is 496 g/mol. The van der Waals surface area contributed by atoms with E-state index in [1.165, 1.54) is 0 Å². The van der Waals surface area contributed by atoms with E-state index in [-0.39, 0.29) is 0 Å². The quantitative estimate of drug-likeness (QED) is 0.581. The van der Waals surface area contributed by atoms with Gasteiger partial charge in [0.15, 0.2) is 11.5 Å². The minimum Gasteiger partial charge on any atom is -0.497 e. The maximum absolute atomic E-state index is 5.39. The van der Waals surface area contributed by atoms with Crippen molar-refractivity contribution in [2.75, 3.05) is 21.3 Å². The highest BCUT2D eigenvalue weighted by Gasteiger charge is 2.14. The summed E-state index contributed by atoms with van der Waals surface area (Å²) in [4.78, 5) is 0. The molecule has 0 spiro atoms. The molecule has 3 nitrogen and oxygen atoms in total. The Balaban J connectivity index is 2.63. The van der Waals surface area contributed by atoms with Gasteiger partial charge in [0.25, 0.3) is 0 Å². The molecular weight excluding hydrogens is 482 g/mol. The number of rotatable bonds is 4. The second-order valence-corrected chi connectivity index (χ2v) is 6.36. The topological polar surface area (TPSA) is 27.7 Å². The molecular formula is C15H14I2O3. The van der Waals surface area contributed by atoms with Crippen LogP contribution in [0.15, 0.2) is 30.3 Å². The fourth-order valence-electron chi connectivity index (χ4n) is 1.90. The highest BCUT2D eigenvalue weighted by molar-refractivity contribution is 14.1. The van der Waals surface area contributed by atoms with E-state index in [2.05, 4.69) is 45.2 Å². The first-order chi connectivity index (χ1) is 9.60. The van der Waals surface area contributed by atoms with Crippen molar-refractivity contribution in [2.24, 2.45) is 0 Å². The summed E-state index contributed by atoms with van der Waals surface area (Å²) in [6, 6.07) is 10.0. The van der Waals surface area contributed by atoms with Gasteiger partial charge in [0.05, 0.1) is 21.3 Å². The molecule has 0 amide bonds. The lowest BCUT2D eigenvalue weighted by molar-refractivity contribution is 0.355. The van der Waals surface area contributed by atoms with Crippen LogP contribution in [-0.2, 0) is 0 Å². The van der Waals surface area contributed by atoms with Gasteiger partial charge in [-0.1, -0.05) is 0 Å². The molecule has 0 radical (unpaired) electrons. The normalized spacial score (nSPS) is 10.2. The summed E-state index contributed by atoms with van der Waals surface area (Å²) in [6.45, 7) is 0. The lowest BCUT2D eigenvalue weighted by Crippen LogP contribution is -1.95. The highest BCUT2D eigenvalue weighted by Crippen LogP contribution is 2.39. The van der Waals surface area contributed by atoms with Gasteiger partial charge in [0, 0.05) is 12.7 Å². The predicted molar refractivity (Wildman–Crippen MR) is 97.0 cm³/mol. The number of ether oxygens (including phenoxy) is 3. The summed E-state index contributed by atoms with van der Waals surface area (Å²) >= 11 is 4.63. The van der Waals surface area contributed by atoms with Gasteiger partial charge in [-0.25, -0.2) is 0 Å². The Kier molecular flexibility index (Phi) is 5.36. The number of hydrogen-bond acceptors (Lipinski definition) is 3. The Hall–Kier alpha value is -0.700. The molecule has 20 heavy (non-hydrogen) atoms. The summed E-state index contributed by atoms with van der Waals surface area (Å²) < 4.78 is 18.3. The van der Waals surface area contributed by atoms with Crippen LogP contribution < -0.4 is 14.2 Å². The fourth-order valence-corrected chi connectivity index (χ4v) is 3.25. The molecule has 0 saturated heterocycles.